The highest BCUT2D eigenvalue weighted by Crippen LogP contribution is 2.23. The molecule has 0 fully saturated rings. The fraction of sp³-hybridized carbons (Fsp3) is 0.188. The van der Waals surface area contributed by atoms with Crippen molar-refractivity contribution in [1.29, 1.82) is 0 Å². The average molecular weight is 315 g/mol. The van der Waals surface area contributed by atoms with E-state index in [-0.39, 0.29) is 0 Å². The van der Waals surface area contributed by atoms with E-state index in [1.54, 1.807) is 0 Å². The molecule has 3 aromatic rings. The van der Waals surface area contributed by atoms with E-state index in [1.807, 2.05) is 12.1 Å². The molecule has 0 saturated heterocycles. The van der Waals surface area contributed by atoms with Crippen LogP contribution in [0, 0.1) is 6.92 Å². The monoisotopic (exact) mass is 314 g/mol. The lowest BCUT2D eigenvalue weighted by atomic mass is 10.1. The number of benzene rings is 1. The Hall–Kier alpha value is -1.61. The Labute approximate surface area is 121 Å². The molecule has 0 bridgehead atoms. The van der Waals surface area contributed by atoms with Crippen LogP contribution in [0.25, 0.3) is 16.9 Å². The number of aromatic nitrogens is 2. The lowest BCUT2D eigenvalue weighted by Crippen LogP contribution is -1.89. The molecule has 19 heavy (non-hydrogen) atoms. The minimum Gasteiger partial charge on any atom is -0.303 e. The van der Waals surface area contributed by atoms with Gasteiger partial charge in [0.2, 0.25) is 0 Å². The summed E-state index contributed by atoms with van der Waals surface area (Å²) in [6, 6.07) is 12.7. The number of hydrogen-bond acceptors (Lipinski definition) is 1. The van der Waals surface area contributed by atoms with Crippen LogP contribution in [0.4, 0.5) is 0 Å². The summed E-state index contributed by atoms with van der Waals surface area (Å²) in [5, 5.41) is 0. The molecule has 0 saturated carbocycles. The van der Waals surface area contributed by atoms with Gasteiger partial charge in [0, 0.05) is 21.9 Å². The van der Waals surface area contributed by atoms with Gasteiger partial charge in [0.05, 0.1) is 5.69 Å². The van der Waals surface area contributed by atoms with Crippen LogP contribution in [-0.2, 0) is 6.42 Å². The van der Waals surface area contributed by atoms with Crippen LogP contribution in [0.3, 0.4) is 0 Å². The second kappa shape index (κ2) is 4.82. The Morgan fingerprint density at radius 1 is 1.11 bits per heavy atom. The first-order valence-electron chi connectivity index (χ1n) is 6.42. The summed E-state index contributed by atoms with van der Waals surface area (Å²) in [4.78, 5) is 4.68. The number of aryl methyl sites for hydroxylation is 2. The third kappa shape index (κ3) is 2.19. The highest BCUT2D eigenvalue weighted by Gasteiger charge is 2.07. The van der Waals surface area contributed by atoms with Gasteiger partial charge < -0.3 is 4.40 Å². The fourth-order valence-electron chi connectivity index (χ4n) is 2.21. The highest BCUT2D eigenvalue weighted by atomic mass is 79.9. The van der Waals surface area contributed by atoms with Crippen LogP contribution >= 0.6 is 15.9 Å². The van der Waals surface area contributed by atoms with Crippen molar-refractivity contribution in [3.05, 3.63) is 58.3 Å². The lowest BCUT2D eigenvalue weighted by molar-refractivity contribution is 1.08. The van der Waals surface area contributed by atoms with Gasteiger partial charge in [-0.05, 0) is 47.0 Å². The maximum Gasteiger partial charge on any atom is 0.137 e. The predicted octanol–water partition coefficient (Wildman–Crippen LogP) is 4.63. The van der Waals surface area contributed by atoms with Crippen LogP contribution in [0.1, 0.15) is 18.2 Å². The summed E-state index contributed by atoms with van der Waals surface area (Å²) in [5.41, 5.74) is 5.68. The normalized spacial score (nSPS) is 11.1. The Kier molecular flexibility index (Phi) is 3.15. The Balaban J connectivity index is 2.12. The summed E-state index contributed by atoms with van der Waals surface area (Å²) in [5.74, 6) is 0. The first-order valence-corrected chi connectivity index (χ1v) is 7.22. The summed E-state index contributed by atoms with van der Waals surface area (Å²) < 4.78 is 3.22. The van der Waals surface area contributed by atoms with Crippen LogP contribution in [-0.4, -0.2) is 9.38 Å². The maximum atomic E-state index is 4.68. The van der Waals surface area contributed by atoms with Crippen molar-refractivity contribution < 1.29 is 0 Å². The number of nitrogens with zero attached hydrogens (tertiary/aromatic N) is 2. The van der Waals surface area contributed by atoms with E-state index in [9.17, 15) is 0 Å². The number of fused-ring (bicyclic) bond motifs is 1. The molecule has 0 aliphatic carbocycles. The first kappa shape index (κ1) is 12.4. The second-order valence-electron chi connectivity index (χ2n) is 4.67. The van der Waals surface area contributed by atoms with E-state index in [0.29, 0.717) is 0 Å². The standard InChI is InChI=1S/C16H15BrN2/c1-3-12-4-6-13(7-5-12)15-10-19-11(2)14(17)8-9-16(19)18-15/h4-10H,3H2,1-2H3. The SMILES string of the molecule is CCc1ccc(-c2cn3c(C)c(Br)ccc3n2)cc1. The molecule has 0 radical (unpaired) electrons. The van der Waals surface area contributed by atoms with Crippen molar-refractivity contribution in [2.24, 2.45) is 0 Å². The zero-order valence-electron chi connectivity index (χ0n) is 11.0. The van der Waals surface area contributed by atoms with Crippen molar-refractivity contribution in [1.82, 2.24) is 9.38 Å². The molecular weight excluding hydrogens is 300 g/mol. The number of rotatable bonds is 2. The van der Waals surface area contributed by atoms with Crippen LogP contribution < -0.4 is 0 Å². The third-order valence-electron chi connectivity index (χ3n) is 3.48. The Morgan fingerprint density at radius 2 is 1.84 bits per heavy atom. The zero-order valence-corrected chi connectivity index (χ0v) is 12.6. The van der Waals surface area contributed by atoms with E-state index in [4.69, 9.17) is 0 Å². The molecule has 3 heteroatoms. The minimum absolute atomic E-state index is 0.982. The van der Waals surface area contributed by atoms with Gasteiger partial charge in [0.1, 0.15) is 5.65 Å². The van der Waals surface area contributed by atoms with Crippen molar-refractivity contribution in [2.45, 2.75) is 20.3 Å². The van der Waals surface area contributed by atoms with Crippen LogP contribution in [0.5, 0.6) is 0 Å². The molecule has 0 spiro atoms. The quantitative estimate of drug-likeness (QED) is 0.674. The van der Waals surface area contributed by atoms with E-state index >= 15 is 0 Å². The molecule has 0 N–H and O–H groups in total. The molecule has 2 heterocycles. The third-order valence-corrected chi connectivity index (χ3v) is 4.32. The Bertz CT molecular complexity index is 726. The summed E-state index contributed by atoms with van der Waals surface area (Å²) in [6.07, 6.45) is 3.16. The zero-order chi connectivity index (χ0) is 13.4. The van der Waals surface area contributed by atoms with E-state index in [2.05, 4.69) is 69.6 Å². The molecule has 0 aliphatic rings. The molecule has 0 aliphatic heterocycles. The summed E-state index contributed by atoms with van der Waals surface area (Å²) in [7, 11) is 0. The average Bonchev–Trinajstić information content (AvgIpc) is 2.88. The molecule has 0 atom stereocenters. The number of hydrogen-bond donors (Lipinski definition) is 0. The maximum absolute atomic E-state index is 4.68. The highest BCUT2D eigenvalue weighted by molar-refractivity contribution is 9.10. The van der Waals surface area contributed by atoms with Crippen molar-refractivity contribution >= 4 is 21.6 Å². The van der Waals surface area contributed by atoms with Crippen molar-refractivity contribution in [3.63, 3.8) is 0 Å². The van der Waals surface area contributed by atoms with Gasteiger partial charge in [-0.3, -0.25) is 0 Å². The van der Waals surface area contributed by atoms with Gasteiger partial charge in [-0.1, -0.05) is 31.2 Å². The van der Waals surface area contributed by atoms with Gasteiger partial charge in [0.15, 0.2) is 0 Å². The molecule has 2 aromatic heterocycles. The molecule has 3 rings (SSSR count). The van der Waals surface area contributed by atoms with Gasteiger partial charge >= 0.3 is 0 Å². The summed E-state index contributed by atoms with van der Waals surface area (Å²) >= 11 is 3.55. The molecule has 0 unspecified atom stereocenters. The van der Waals surface area contributed by atoms with Crippen molar-refractivity contribution in [3.8, 4) is 11.3 Å². The predicted molar refractivity (Wildman–Crippen MR) is 82.4 cm³/mol. The first-order chi connectivity index (χ1) is 9.19. The number of imidazole rings is 1. The molecule has 96 valence electrons. The van der Waals surface area contributed by atoms with E-state index in [1.165, 1.54) is 11.3 Å². The lowest BCUT2D eigenvalue weighted by Gasteiger charge is -2.00. The van der Waals surface area contributed by atoms with Gasteiger partial charge in [-0.25, -0.2) is 4.98 Å². The molecule has 2 nitrogen and oxygen atoms in total. The van der Waals surface area contributed by atoms with Crippen LogP contribution in [0.15, 0.2) is 47.1 Å². The summed E-state index contributed by atoms with van der Waals surface area (Å²) in [6.45, 7) is 4.25. The van der Waals surface area contributed by atoms with E-state index < -0.39 is 0 Å². The number of halogens is 1. The minimum atomic E-state index is 0.982. The fourth-order valence-corrected chi connectivity index (χ4v) is 2.54. The molecular formula is C16H15BrN2. The molecule has 0 amide bonds. The largest absolute Gasteiger partial charge is 0.303 e. The smallest absolute Gasteiger partial charge is 0.137 e. The van der Waals surface area contributed by atoms with Crippen LogP contribution in [0.2, 0.25) is 0 Å². The van der Waals surface area contributed by atoms with E-state index in [0.717, 1.165) is 27.8 Å². The van der Waals surface area contributed by atoms with Crippen molar-refractivity contribution in [2.75, 3.05) is 0 Å². The van der Waals surface area contributed by atoms with Gasteiger partial charge in [-0.2, -0.15) is 0 Å². The van der Waals surface area contributed by atoms with Gasteiger partial charge in [0.25, 0.3) is 0 Å². The topological polar surface area (TPSA) is 17.3 Å². The second-order valence-corrected chi connectivity index (χ2v) is 5.53. The molecule has 1 aromatic carbocycles. The van der Waals surface area contributed by atoms with Gasteiger partial charge in [-0.15, -0.1) is 0 Å². The Morgan fingerprint density at radius 3 is 2.53 bits per heavy atom. The number of pyridine rings is 1.